The molecule has 0 amide bonds. The van der Waals surface area contributed by atoms with Crippen LogP contribution in [0.5, 0.6) is 0 Å². The van der Waals surface area contributed by atoms with Gasteiger partial charge in [-0.3, -0.25) is 0 Å². The fourth-order valence-corrected chi connectivity index (χ4v) is 2.84. The lowest BCUT2D eigenvalue weighted by atomic mass is 9.96. The summed E-state index contributed by atoms with van der Waals surface area (Å²) >= 11 is 0. The Morgan fingerprint density at radius 2 is 1.84 bits per heavy atom. The molecule has 1 fully saturated rings. The summed E-state index contributed by atoms with van der Waals surface area (Å²) in [5.74, 6) is 0.949. The maximum absolute atomic E-state index is 4.47. The van der Waals surface area contributed by atoms with E-state index in [4.69, 9.17) is 0 Å². The third-order valence-corrected chi connectivity index (χ3v) is 4.04. The van der Waals surface area contributed by atoms with Crippen molar-refractivity contribution in [3.8, 4) is 0 Å². The lowest BCUT2D eigenvalue weighted by Crippen LogP contribution is -2.33. The van der Waals surface area contributed by atoms with Crippen LogP contribution in [0.2, 0.25) is 0 Å². The lowest BCUT2D eigenvalue weighted by Gasteiger charge is -2.30. The first-order valence-corrected chi connectivity index (χ1v) is 7.13. The topological polar surface area (TPSA) is 59.2 Å². The van der Waals surface area contributed by atoms with Crippen LogP contribution >= 0.6 is 0 Å². The number of fused-ring (bicyclic) bond motifs is 1. The van der Waals surface area contributed by atoms with E-state index in [0.717, 1.165) is 5.82 Å². The van der Waals surface area contributed by atoms with Crippen molar-refractivity contribution in [2.24, 2.45) is 0 Å². The van der Waals surface area contributed by atoms with Crippen LogP contribution in [0.25, 0.3) is 5.65 Å². The molecule has 3 rings (SSSR count). The summed E-state index contributed by atoms with van der Waals surface area (Å²) in [4.78, 5) is 2.28. The summed E-state index contributed by atoms with van der Waals surface area (Å²) in [7, 11) is 2.13. The molecule has 0 saturated heterocycles. The van der Waals surface area contributed by atoms with Crippen molar-refractivity contribution in [3.05, 3.63) is 12.1 Å². The summed E-state index contributed by atoms with van der Waals surface area (Å²) in [6, 6.07) is 4.51. The van der Waals surface area contributed by atoms with Gasteiger partial charge in [0, 0.05) is 13.1 Å². The molecule has 0 N–H and O–H groups in total. The standard InChI is InChI=1S/C13H20N6/c1-18(11-7-5-3-2-4-6-8-11)13-10-9-12-14-16-17-19(12)15-13/h9-11H,2-8H2,1H3. The van der Waals surface area contributed by atoms with E-state index in [0.29, 0.717) is 11.7 Å². The van der Waals surface area contributed by atoms with Crippen LogP contribution in [0.1, 0.15) is 44.9 Å². The minimum Gasteiger partial charge on any atom is -0.355 e. The van der Waals surface area contributed by atoms with Crippen molar-refractivity contribution in [1.29, 1.82) is 0 Å². The first-order chi connectivity index (χ1) is 9.34. The van der Waals surface area contributed by atoms with Crippen molar-refractivity contribution in [1.82, 2.24) is 25.3 Å². The van der Waals surface area contributed by atoms with Crippen molar-refractivity contribution < 1.29 is 0 Å². The number of anilines is 1. The summed E-state index contributed by atoms with van der Waals surface area (Å²) in [5, 5.41) is 15.8. The molecule has 0 aromatic carbocycles. The Hall–Kier alpha value is -1.72. The minimum absolute atomic E-state index is 0.585. The third kappa shape index (κ3) is 2.67. The van der Waals surface area contributed by atoms with E-state index < -0.39 is 0 Å². The van der Waals surface area contributed by atoms with Gasteiger partial charge in [0.05, 0.1) is 0 Å². The number of hydrogen-bond donors (Lipinski definition) is 0. The van der Waals surface area contributed by atoms with Crippen molar-refractivity contribution >= 4 is 11.5 Å². The fourth-order valence-electron chi connectivity index (χ4n) is 2.84. The van der Waals surface area contributed by atoms with Crippen LogP contribution < -0.4 is 4.90 Å². The average Bonchev–Trinajstić information content (AvgIpc) is 2.84. The zero-order valence-electron chi connectivity index (χ0n) is 11.4. The van der Waals surface area contributed by atoms with Crippen molar-refractivity contribution in [3.63, 3.8) is 0 Å². The maximum atomic E-state index is 4.47. The molecule has 0 unspecified atom stereocenters. The van der Waals surface area contributed by atoms with Gasteiger partial charge in [0.25, 0.3) is 0 Å². The van der Waals surface area contributed by atoms with Crippen molar-refractivity contribution in [2.75, 3.05) is 11.9 Å². The molecule has 0 atom stereocenters. The lowest BCUT2D eigenvalue weighted by molar-refractivity contribution is 0.438. The Labute approximate surface area is 112 Å². The quantitative estimate of drug-likeness (QED) is 0.827. The van der Waals surface area contributed by atoms with Gasteiger partial charge in [-0.15, -0.1) is 14.8 Å². The van der Waals surface area contributed by atoms with E-state index in [1.165, 1.54) is 49.6 Å². The van der Waals surface area contributed by atoms with E-state index in [-0.39, 0.29) is 0 Å². The molecule has 1 aliphatic carbocycles. The Bertz CT molecular complexity index is 529. The fraction of sp³-hybridized carbons (Fsp3) is 0.692. The zero-order valence-corrected chi connectivity index (χ0v) is 11.4. The second kappa shape index (κ2) is 5.50. The van der Waals surface area contributed by atoms with Gasteiger partial charge in [0.15, 0.2) is 11.5 Å². The highest BCUT2D eigenvalue weighted by Crippen LogP contribution is 2.23. The first-order valence-electron chi connectivity index (χ1n) is 7.13. The summed E-state index contributed by atoms with van der Waals surface area (Å²) in [6.07, 6.45) is 9.28. The van der Waals surface area contributed by atoms with E-state index in [1.54, 1.807) is 0 Å². The van der Waals surface area contributed by atoms with Gasteiger partial charge in [-0.05, 0) is 35.4 Å². The van der Waals surface area contributed by atoms with Gasteiger partial charge < -0.3 is 4.90 Å². The highest BCUT2D eigenvalue weighted by Gasteiger charge is 2.18. The Morgan fingerprint density at radius 1 is 1.11 bits per heavy atom. The molecule has 6 heteroatoms. The van der Waals surface area contributed by atoms with Gasteiger partial charge in [-0.25, -0.2) is 0 Å². The normalized spacial score (nSPS) is 18.2. The van der Waals surface area contributed by atoms with Gasteiger partial charge in [0.2, 0.25) is 0 Å². The molecule has 19 heavy (non-hydrogen) atoms. The number of aromatic nitrogens is 5. The molecule has 2 heterocycles. The summed E-state index contributed by atoms with van der Waals surface area (Å²) in [5.41, 5.74) is 0.690. The Balaban J connectivity index is 1.78. The molecule has 2 aromatic rings. The minimum atomic E-state index is 0.585. The molecular formula is C13H20N6. The zero-order chi connectivity index (χ0) is 13.1. The molecule has 0 aliphatic heterocycles. The second-order valence-corrected chi connectivity index (χ2v) is 5.33. The number of tetrazole rings is 1. The largest absolute Gasteiger partial charge is 0.355 e. The maximum Gasteiger partial charge on any atom is 0.200 e. The highest BCUT2D eigenvalue weighted by molar-refractivity contribution is 5.44. The van der Waals surface area contributed by atoms with Crippen LogP contribution in [0, 0.1) is 0 Å². The summed E-state index contributed by atoms with van der Waals surface area (Å²) < 4.78 is 1.49. The van der Waals surface area contributed by atoms with Crippen LogP contribution in [0.15, 0.2) is 12.1 Å². The molecule has 102 valence electrons. The molecule has 0 radical (unpaired) electrons. The third-order valence-electron chi connectivity index (χ3n) is 4.04. The number of nitrogens with zero attached hydrogens (tertiary/aromatic N) is 6. The van der Waals surface area contributed by atoms with Crippen LogP contribution in [0.4, 0.5) is 5.82 Å². The molecule has 2 aromatic heterocycles. The van der Waals surface area contributed by atoms with Crippen LogP contribution in [0.3, 0.4) is 0 Å². The van der Waals surface area contributed by atoms with Crippen molar-refractivity contribution in [2.45, 2.75) is 51.0 Å². The van der Waals surface area contributed by atoms with E-state index in [1.807, 2.05) is 12.1 Å². The Kier molecular flexibility index (Phi) is 3.57. The van der Waals surface area contributed by atoms with Gasteiger partial charge in [-0.1, -0.05) is 32.1 Å². The first kappa shape index (κ1) is 12.3. The van der Waals surface area contributed by atoms with Crippen LogP contribution in [-0.2, 0) is 0 Å². The molecular weight excluding hydrogens is 240 g/mol. The van der Waals surface area contributed by atoms with E-state index >= 15 is 0 Å². The second-order valence-electron chi connectivity index (χ2n) is 5.33. The van der Waals surface area contributed by atoms with E-state index in [9.17, 15) is 0 Å². The number of rotatable bonds is 2. The van der Waals surface area contributed by atoms with Gasteiger partial charge in [0.1, 0.15) is 0 Å². The smallest absolute Gasteiger partial charge is 0.200 e. The molecule has 1 saturated carbocycles. The molecule has 0 spiro atoms. The predicted molar refractivity (Wildman–Crippen MR) is 73.1 cm³/mol. The molecule has 1 aliphatic rings. The number of hydrogen-bond acceptors (Lipinski definition) is 5. The van der Waals surface area contributed by atoms with Gasteiger partial charge >= 0.3 is 0 Å². The monoisotopic (exact) mass is 260 g/mol. The molecule has 6 nitrogen and oxygen atoms in total. The summed E-state index contributed by atoms with van der Waals surface area (Å²) in [6.45, 7) is 0. The predicted octanol–water partition coefficient (Wildman–Crippen LogP) is 2.07. The van der Waals surface area contributed by atoms with E-state index in [2.05, 4.69) is 32.6 Å². The Morgan fingerprint density at radius 3 is 2.63 bits per heavy atom. The van der Waals surface area contributed by atoms with Gasteiger partial charge in [-0.2, -0.15) is 0 Å². The SMILES string of the molecule is CN(c1ccc2nnnn2n1)C1CCCCCCC1. The average molecular weight is 260 g/mol. The highest BCUT2D eigenvalue weighted by atomic mass is 15.6. The van der Waals surface area contributed by atoms with Crippen LogP contribution in [-0.4, -0.2) is 38.3 Å². The molecule has 0 bridgehead atoms.